The number of thiocarbonyl (C=S) groups is 1. The van der Waals surface area contributed by atoms with Gasteiger partial charge in [-0.2, -0.15) is 10.4 Å². The van der Waals surface area contributed by atoms with Crippen molar-refractivity contribution in [3.8, 4) is 23.3 Å². The number of halogens is 1. The van der Waals surface area contributed by atoms with Crippen LogP contribution in [0.3, 0.4) is 0 Å². The van der Waals surface area contributed by atoms with Crippen molar-refractivity contribution in [1.29, 1.82) is 5.26 Å². The Balaban J connectivity index is 1.40. The lowest BCUT2D eigenvalue weighted by Gasteiger charge is -2.30. The molecule has 3 N–H and O–H groups in total. The molecule has 1 amide bonds. The number of hydrogen-bond acceptors (Lipinski definition) is 9. The molecule has 13 heteroatoms. The number of allylic oxidation sites excluding steroid dienone is 1. The third-order valence-electron chi connectivity index (χ3n) is 6.55. The van der Waals surface area contributed by atoms with Crippen molar-refractivity contribution in [2.45, 2.75) is 33.4 Å². The van der Waals surface area contributed by atoms with Crippen LogP contribution in [0.4, 0.5) is 0 Å². The highest BCUT2D eigenvalue weighted by Crippen LogP contribution is 2.37. The van der Waals surface area contributed by atoms with E-state index in [0.717, 1.165) is 5.56 Å². The van der Waals surface area contributed by atoms with Crippen LogP contribution in [-0.4, -0.2) is 43.0 Å². The fraction of sp³-hybridized carbons (Fsp3) is 0.242. The van der Waals surface area contributed by atoms with E-state index in [1.165, 1.54) is 6.21 Å². The van der Waals surface area contributed by atoms with Gasteiger partial charge in [0.15, 0.2) is 23.2 Å². The fourth-order valence-electron chi connectivity index (χ4n) is 4.51. The van der Waals surface area contributed by atoms with Gasteiger partial charge in [0.2, 0.25) is 0 Å². The Morgan fingerprint density at radius 1 is 1.07 bits per heavy atom. The standard InChI is InChI=1S/C33H32BrN5O6S/c1-4-42-27-15-23(14-25(34)31(27)45-18-22-12-10-21(16-35)11-13-22)17-36-39-28(40)19-44-26-9-7-6-8-24(26)30-29(32(41)43-5-2)20(3)37-33(46)38-30/h6-15,17,30H,4-5,18-19H2,1-3H3,(H,39,40)(H2,37,38,46)/t30-/m0/s1. The van der Waals surface area contributed by atoms with Crippen molar-refractivity contribution in [2.24, 2.45) is 5.10 Å². The summed E-state index contributed by atoms with van der Waals surface area (Å²) in [6.07, 6.45) is 1.47. The molecule has 238 valence electrons. The molecular formula is C33H32BrN5O6S. The maximum atomic E-state index is 12.8. The van der Waals surface area contributed by atoms with Crippen molar-refractivity contribution in [1.82, 2.24) is 16.1 Å². The SMILES string of the molecule is CCOC(=O)C1=C(C)NC(=S)N[C@H]1c1ccccc1OCC(=O)NN=Cc1cc(Br)c(OCc2ccc(C#N)cc2)c(OCC)c1. The van der Waals surface area contributed by atoms with Crippen LogP contribution >= 0.6 is 28.1 Å². The Kier molecular flexibility index (Phi) is 12.1. The lowest BCUT2D eigenvalue weighted by atomic mass is 9.95. The van der Waals surface area contributed by atoms with Crippen LogP contribution in [0.2, 0.25) is 0 Å². The lowest BCUT2D eigenvalue weighted by molar-refractivity contribution is -0.139. The van der Waals surface area contributed by atoms with E-state index < -0.39 is 17.9 Å². The second kappa shape index (κ2) is 16.4. The van der Waals surface area contributed by atoms with Gasteiger partial charge in [-0.3, -0.25) is 4.79 Å². The summed E-state index contributed by atoms with van der Waals surface area (Å²) >= 11 is 8.86. The topological polar surface area (TPSA) is 143 Å². The molecule has 0 unspecified atom stereocenters. The Bertz CT molecular complexity index is 1700. The number of nitrogens with zero attached hydrogens (tertiary/aromatic N) is 2. The zero-order chi connectivity index (χ0) is 33.1. The third kappa shape index (κ3) is 8.83. The number of hydrogen-bond donors (Lipinski definition) is 3. The van der Waals surface area contributed by atoms with E-state index >= 15 is 0 Å². The number of carbonyl (C=O) groups is 2. The number of ether oxygens (including phenoxy) is 4. The van der Waals surface area contributed by atoms with Crippen LogP contribution in [-0.2, 0) is 20.9 Å². The molecule has 0 aromatic heterocycles. The van der Waals surface area contributed by atoms with E-state index in [-0.39, 0.29) is 19.8 Å². The zero-order valence-electron chi connectivity index (χ0n) is 25.4. The number of esters is 1. The summed E-state index contributed by atoms with van der Waals surface area (Å²) in [5, 5.41) is 19.5. The van der Waals surface area contributed by atoms with Crippen molar-refractivity contribution >= 4 is 51.4 Å². The zero-order valence-corrected chi connectivity index (χ0v) is 27.8. The highest BCUT2D eigenvalue weighted by molar-refractivity contribution is 9.10. The van der Waals surface area contributed by atoms with Gasteiger partial charge >= 0.3 is 5.97 Å². The van der Waals surface area contributed by atoms with Crippen LogP contribution in [0.1, 0.15) is 49.1 Å². The molecule has 3 aromatic rings. The summed E-state index contributed by atoms with van der Waals surface area (Å²) in [5.74, 6) is 0.415. The Hall–Kier alpha value is -4.93. The smallest absolute Gasteiger partial charge is 0.338 e. The number of amides is 1. The maximum Gasteiger partial charge on any atom is 0.338 e. The first-order chi connectivity index (χ1) is 22.2. The van der Waals surface area contributed by atoms with Gasteiger partial charge in [-0.25, -0.2) is 10.2 Å². The summed E-state index contributed by atoms with van der Waals surface area (Å²) in [7, 11) is 0. The molecule has 46 heavy (non-hydrogen) atoms. The second-order valence-electron chi connectivity index (χ2n) is 9.77. The first-order valence-electron chi connectivity index (χ1n) is 14.3. The highest BCUT2D eigenvalue weighted by atomic mass is 79.9. The monoisotopic (exact) mass is 705 g/mol. The average molecular weight is 707 g/mol. The molecule has 0 radical (unpaired) electrons. The van der Waals surface area contributed by atoms with Gasteiger partial charge in [0.1, 0.15) is 12.4 Å². The molecule has 0 saturated heterocycles. The Morgan fingerprint density at radius 3 is 2.54 bits per heavy atom. The van der Waals surface area contributed by atoms with Crippen molar-refractivity contribution in [3.05, 3.63) is 98.7 Å². The average Bonchev–Trinajstić information content (AvgIpc) is 3.03. The van der Waals surface area contributed by atoms with Crippen LogP contribution in [0.25, 0.3) is 0 Å². The first kappa shape index (κ1) is 34.0. The summed E-state index contributed by atoms with van der Waals surface area (Å²) in [5.41, 5.74) is 6.13. The van der Waals surface area contributed by atoms with E-state index in [9.17, 15) is 9.59 Å². The Labute approximate surface area is 280 Å². The van der Waals surface area contributed by atoms with Crippen molar-refractivity contribution < 1.29 is 28.5 Å². The van der Waals surface area contributed by atoms with Crippen LogP contribution in [0, 0.1) is 11.3 Å². The van der Waals surface area contributed by atoms with Gasteiger partial charge in [0, 0.05) is 11.3 Å². The molecule has 0 saturated carbocycles. The third-order valence-corrected chi connectivity index (χ3v) is 7.36. The molecule has 3 aromatic carbocycles. The van der Waals surface area contributed by atoms with Gasteiger partial charge in [0.25, 0.3) is 5.91 Å². The van der Waals surface area contributed by atoms with E-state index in [1.54, 1.807) is 62.4 Å². The number of nitriles is 1. The highest BCUT2D eigenvalue weighted by Gasteiger charge is 2.32. The minimum Gasteiger partial charge on any atom is -0.490 e. The molecular weight excluding hydrogens is 674 g/mol. The van der Waals surface area contributed by atoms with Crippen LogP contribution in [0.15, 0.2) is 81.5 Å². The summed E-state index contributed by atoms with van der Waals surface area (Å²) in [6, 6.07) is 19.2. The minimum atomic E-state index is -0.640. The summed E-state index contributed by atoms with van der Waals surface area (Å²) in [6.45, 7) is 5.90. The number of rotatable bonds is 13. The Morgan fingerprint density at radius 2 is 1.83 bits per heavy atom. The summed E-state index contributed by atoms with van der Waals surface area (Å²) in [4.78, 5) is 25.4. The van der Waals surface area contributed by atoms with Crippen molar-refractivity contribution in [3.63, 3.8) is 0 Å². The van der Waals surface area contributed by atoms with Crippen LogP contribution < -0.4 is 30.3 Å². The van der Waals surface area contributed by atoms with Gasteiger partial charge in [0.05, 0.1) is 47.1 Å². The van der Waals surface area contributed by atoms with E-state index in [1.807, 2.05) is 19.1 Å². The van der Waals surface area contributed by atoms with Gasteiger partial charge < -0.3 is 29.6 Å². The van der Waals surface area contributed by atoms with Gasteiger partial charge in [-0.15, -0.1) is 0 Å². The number of para-hydroxylation sites is 1. The predicted octanol–water partition coefficient (Wildman–Crippen LogP) is 5.18. The summed E-state index contributed by atoms with van der Waals surface area (Å²) < 4.78 is 23.6. The van der Waals surface area contributed by atoms with Crippen LogP contribution in [0.5, 0.6) is 17.2 Å². The van der Waals surface area contributed by atoms with E-state index in [0.29, 0.717) is 61.4 Å². The molecule has 0 bridgehead atoms. The molecule has 4 rings (SSSR count). The fourth-order valence-corrected chi connectivity index (χ4v) is 5.35. The maximum absolute atomic E-state index is 12.8. The minimum absolute atomic E-state index is 0.216. The molecule has 1 heterocycles. The number of carbonyl (C=O) groups excluding carboxylic acids is 2. The number of hydrazone groups is 1. The molecule has 1 aliphatic rings. The normalized spacial score (nSPS) is 14.2. The number of nitrogens with one attached hydrogen (secondary N) is 3. The molecule has 0 aliphatic carbocycles. The predicted molar refractivity (Wildman–Crippen MR) is 179 cm³/mol. The van der Waals surface area contributed by atoms with E-state index in [4.69, 9.17) is 36.4 Å². The number of benzene rings is 3. The quantitative estimate of drug-likeness (QED) is 0.0942. The molecule has 1 atom stereocenters. The van der Waals surface area contributed by atoms with Crippen molar-refractivity contribution in [2.75, 3.05) is 19.8 Å². The van der Waals surface area contributed by atoms with Gasteiger partial charge in [-0.05, 0) is 90.4 Å². The molecule has 0 spiro atoms. The largest absolute Gasteiger partial charge is 0.490 e. The molecule has 1 aliphatic heterocycles. The lowest BCUT2D eigenvalue weighted by Crippen LogP contribution is -2.45. The van der Waals surface area contributed by atoms with Gasteiger partial charge in [-0.1, -0.05) is 30.3 Å². The van der Waals surface area contributed by atoms with E-state index in [2.05, 4.69) is 43.2 Å². The second-order valence-corrected chi connectivity index (χ2v) is 11.0. The first-order valence-corrected chi connectivity index (χ1v) is 15.5. The molecule has 11 nitrogen and oxygen atoms in total. The molecule has 0 fully saturated rings.